The summed E-state index contributed by atoms with van der Waals surface area (Å²) < 4.78 is 43.7. The second kappa shape index (κ2) is 7.59. The molecule has 0 radical (unpaired) electrons. The van der Waals surface area contributed by atoms with Crippen molar-refractivity contribution in [3.8, 4) is 16.9 Å². The van der Waals surface area contributed by atoms with Crippen LogP contribution in [0, 0.1) is 0 Å². The highest BCUT2D eigenvalue weighted by Gasteiger charge is 2.29. The van der Waals surface area contributed by atoms with Crippen LogP contribution in [0.25, 0.3) is 11.1 Å². The summed E-state index contributed by atoms with van der Waals surface area (Å²) in [5.74, 6) is -0.166. The first-order valence-electron chi connectivity index (χ1n) is 8.09. The summed E-state index contributed by atoms with van der Waals surface area (Å²) in [6.45, 7) is -1.42. The number of carbonyl (C=O) groups is 1. The lowest BCUT2D eigenvalue weighted by Crippen LogP contribution is -2.19. The predicted molar refractivity (Wildman–Crippen MR) is 96.8 cm³/mol. The number of anilines is 2. The zero-order valence-electron chi connectivity index (χ0n) is 14.7. The van der Waals surface area contributed by atoms with Gasteiger partial charge in [0.15, 0.2) is 6.61 Å². The van der Waals surface area contributed by atoms with Gasteiger partial charge in [-0.1, -0.05) is 18.2 Å². The fourth-order valence-electron chi connectivity index (χ4n) is 2.52. The Morgan fingerprint density at radius 1 is 1.18 bits per heavy atom. The molecule has 3 aromatic rings. The molecule has 0 saturated heterocycles. The van der Waals surface area contributed by atoms with Crippen LogP contribution < -0.4 is 15.8 Å². The molecule has 0 aliphatic carbocycles. The molecule has 0 spiro atoms. The van der Waals surface area contributed by atoms with Crippen LogP contribution in [0.1, 0.15) is 10.5 Å². The van der Waals surface area contributed by atoms with E-state index in [1.165, 1.54) is 23.0 Å². The van der Waals surface area contributed by atoms with Crippen LogP contribution in [-0.4, -0.2) is 33.5 Å². The summed E-state index contributed by atoms with van der Waals surface area (Å²) in [7, 11) is 1.62. The maximum atomic E-state index is 12.5. The number of ether oxygens (including phenoxy) is 1. The van der Waals surface area contributed by atoms with Crippen LogP contribution in [0.4, 0.5) is 24.8 Å². The van der Waals surface area contributed by atoms with Crippen molar-refractivity contribution < 1.29 is 22.7 Å². The highest BCUT2D eigenvalue weighted by molar-refractivity contribution is 6.02. The Kier molecular flexibility index (Phi) is 5.21. The Balaban J connectivity index is 1.83. The smallest absolute Gasteiger partial charge is 0.422 e. The highest BCUT2D eigenvalue weighted by atomic mass is 19.4. The molecule has 0 aliphatic heterocycles. The molecule has 0 saturated carbocycles. The number of halogens is 3. The van der Waals surface area contributed by atoms with Gasteiger partial charge in [0, 0.05) is 24.4 Å². The Bertz CT molecular complexity index is 1000. The number of hydrogen-bond acceptors (Lipinski definition) is 5. The molecule has 3 N–H and O–H groups in total. The maximum absolute atomic E-state index is 12.5. The number of carbonyl (C=O) groups excluding carboxylic acids is 1. The first-order valence-corrected chi connectivity index (χ1v) is 8.09. The summed E-state index contributed by atoms with van der Waals surface area (Å²) in [6.07, 6.45) is -2.98. The van der Waals surface area contributed by atoms with E-state index in [9.17, 15) is 18.0 Å². The van der Waals surface area contributed by atoms with Crippen LogP contribution in [0.15, 0.2) is 48.7 Å². The first kappa shape index (κ1) is 19.2. The number of rotatable bonds is 5. The van der Waals surface area contributed by atoms with Gasteiger partial charge in [-0.2, -0.15) is 18.3 Å². The van der Waals surface area contributed by atoms with Crippen molar-refractivity contribution in [3.63, 3.8) is 0 Å². The number of amides is 1. The zero-order valence-corrected chi connectivity index (χ0v) is 14.7. The molecule has 0 bridgehead atoms. The predicted octanol–water partition coefficient (Wildman–Crippen LogP) is 3.26. The second-order valence-electron chi connectivity index (χ2n) is 5.82. The minimum atomic E-state index is -4.46. The van der Waals surface area contributed by atoms with E-state index >= 15 is 0 Å². The van der Waals surface area contributed by atoms with Crippen molar-refractivity contribution >= 4 is 17.5 Å². The SMILES string of the molecule is Cn1nccc1C(=O)Nc1ccc(-c2ccccc2OCC(F)(F)F)c(N)n1. The van der Waals surface area contributed by atoms with Crippen LogP contribution >= 0.6 is 0 Å². The minimum Gasteiger partial charge on any atom is -0.483 e. The monoisotopic (exact) mass is 391 g/mol. The van der Waals surface area contributed by atoms with Crippen molar-refractivity contribution in [1.29, 1.82) is 0 Å². The van der Waals surface area contributed by atoms with E-state index in [-0.39, 0.29) is 17.4 Å². The molecule has 7 nitrogen and oxygen atoms in total. The molecule has 2 heterocycles. The highest BCUT2D eigenvalue weighted by Crippen LogP contribution is 2.34. The summed E-state index contributed by atoms with van der Waals surface area (Å²) in [4.78, 5) is 16.3. The molecule has 0 unspecified atom stereocenters. The van der Waals surface area contributed by atoms with Crippen LogP contribution in [0.3, 0.4) is 0 Å². The number of nitrogens with one attached hydrogen (secondary N) is 1. The molecule has 0 aliphatic rings. The van der Waals surface area contributed by atoms with Crippen molar-refractivity contribution in [3.05, 3.63) is 54.4 Å². The van der Waals surface area contributed by atoms with E-state index in [0.29, 0.717) is 16.8 Å². The standard InChI is InChI=1S/C18H16F3N5O2/c1-26-13(8-9-23-26)17(27)25-15-7-6-12(16(22)24-15)11-4-2-3-5-14(11)28-10-18(19,20)21/h2-9H,10H2,1H3,(H3,22,24,25,27). The zero-order chi connectivity index (χ0) is 20.3. The van der Waals surface area contributed by atoms with Crippen molar-refractivity contribution in [2.24, 2.45) is 7.05 Å². The van der Waals surface area contributed by atoms with E-state index in [1.54, 1.807) is 37.4 Å². The number of nitrogens with two attached hydrogens (primary N) is 1. The van der Waals surface area contributed by atoms with Crippen LogP contribution in [0.5, 0.6) is 5.75 Å². The summed E-state index contributed by atoms with van der Waals surface area (Å²) >= 11 is 0. The summed E-state index contributed by atoms with van der Waals surface area (Å²) in [5.41, 5.74) is 7.05. The lowest BCUT2D eigenvalue weighted by molar-refractivity contribution is -0.153. The summed E-state index contributed by atoms with van der Waals surface area (Å²) in [6, 6.07) is 10.8. The van der Waals surface area contributed by atoms with Crippen LogP contribution in [0.2, 0.25) is 0 Å². The topological polar surface area (TPSA) is 95.1 Å². The number of pyridine rings is 1. The number of hydrogen-bond donors (Lipinski definition) is 2. The molecule has 3 rings (SSSR count). The molecule has 146 valence electrons. The number of nitrogen functional groups attached to an aromatic ring is 1. The van der Waals surface area contributed by atoms with E-state index in [2.05, 4.69) is 15.4 Å². The number of aromatic nitrogens is 3. The maximum Gasteiger partial charge on any atom is 0.422 e. The lowest BCUT2D eigenvalue weighted by Gasteiger charge is -2.14. The molecular formula is C18H16F3N5O2. The Hall–Kier alpha value is -3.56. The van der Waals surface area contributed by atoms with Crippen molar-refractivity contribution in [2.75, 3.05) is 17.7 Å². The lowest BCUT2D eigenvalue weighted by atomic mass is 10.1. The third-order valence-corrected chi connectivity index (χ3v) is 3.79. The molecule has 1 amide bonds. The fraction of sp³-hybridized carbons (Fsp3) is 0.167. The van der Waals surface area contributed by atoms with Gasteiger partial charge in [-0.05, 0) is 24.3 Å². The fourth-order valence-corrected chi connectivity index (χ4v) is 2.52. The quantitative estimate of drug-likeness (QED) is 0.696. The number of para-hydroxylation sites is 1. The number of benzene rings is 1. The molecule has 28 heavy (non-hydrogen) atoms. The number of nitrogens with zero attached hydrogens (tertiary/aromatic N) is 3. The molecule has 10 heteroatoms. The third kappa shape index (κ3) is 4.40. The molecular weight excluding hydrogens is 375 g/mol. The first-order chi connectivity index (χ1) is 13.2. The van der Waals surface area contributed by atoms with Gasteiger partial charge in [0.25, 0.3) is 5.91 Å². The van der Waals surface area contributed by atoms with Crippen LogP contribution in [-0.2, 0) is 7.05 Å². The van der Waals surface area contributed by atoms with Gasteiger partial charge in [-0.3, -0.25) is 9.48 Å². The van der Waals surface area contributed by atoms with Crippen molar-refractivity contribution in [2.45, 2.75) is 6.18 Å². The van der Waals surface area contributed by atoms with Gasteiger partial charge in [0.05, 0.1) is 0 Å². The molecule has 0 fully saturated rings. The van der Waals surface area contributed by atoms with Gasteiger partial charge in [0.2, 0.25) is 0 Å². The largest absolute Gasteiger partial charge is 0.483 e. The molecule has 2 aromatic heterocycles. The number of aryl methyl sites for hydroxylation is 1. The third-order valence-electron chi connectivity index (χ3n) is 3.79. The van der Waals surface area contributed by atoms with Gasteiger partial charge in [0.1, 0.15) is 23.1 Å². The second-order valence-corrected chi connectivity index (χ2v) is 5.82. The Labute approximate surface area is 157 Å². The van der Waals surface area contributed by atoms with E-state index < -0.39 is 18.7 Å². The Morgan fingerprint density at radius 3 is 2.57 bits per heavy atom. The summed E-state index contributed by atoms with van der Waals surface area (Å²) in [5, 5.41) is 6.51. The van der Waals surface area contributed by atoms with Crippen molar-refractivity contribution in [1.82, 2.24) is 14.8 Å². The van der Waals surface area contributed by atoms with E-state index in [1.807, 2.05) is 0 Å². The van der Waals surface area contributed by atoms with Gasteiger partial charge < -0.3 is 15.8 Å². The average Bonchev–Trinajstić information content (AvgIpc) is 3.06. The minimum absolute atomic E-state index is 0.0278. The number of alkyl halides is 3. The normalized spacial score (nSPS) is 11.3. The van der Waals surface area contributed by atoms with E-state index in [0.717, 1.165) is 0 Å². The molecule has 1 aromatic carbocycles. The Morgan fingerprint density at radius 2 is 1.93 bits per heavy atom. The van der Waals surface area contributed by atoms with E-state index in [4.69, 9.17) is 10.5 Å². The average molecular weight is 391 g/mol. The van der Waals surface area contributed by atoms with Gasteiger partial charge >= 0.3 is 6.18 Å². The molecule has 0 atom stereocenters. The van der Waals surface area contributed by atoms with Gasteiger partial charge in [-0.25, -0.2) is 4.98 Å². The van der Waals surface area contributed by atoms with Gasteiger partial charge in [-0.15, -0.1) is 0 Å².